The zero-order valence-electron chi connectivity index (χ0n) is 24.2. The predicted octanol–water partition coefficient (Wildman–Crippen LogP) is 4.06. The molecule has 2 saturated heterocycles. The molecule has 9 nitrogen and oxygen atoms in total. The van der Waals surface area contributed by atoms with Gasteiger partial charge in [-0.3, -0.25) is 9.78 Å². The zero-order chi connectivity index (χ0) is 29.4. The molecular formula is C32H36FN7O2. The molecule has 5 heterocycles. The van der Waals surface area contributed by atoms with E-state index in [1.165, 1.54) is 4.90 Å². The summed E-state index contributed by atoms with van der Waals surface area (Å²) in [5.41, 5.74) is 4.31. The average molecular weight is 570 g/mol. The maximum Gasteiger partial charge on any atom is 0.282 e. The summed E-state index contributed by atoms with van der Waals surface area (Å²) >= 11 is 0. The van der Waals surface area contributed by atoms with Gasteiger partial charge in [-0.05, 0) is 51.9 Å². The van der Waals surface area contributed by atoms with Gasteiger partial charge >= 0.3 is 0 Å². The molecule has 10 heteroatoms. The number of fused-ring (bicyclic) bond motifs is 2. The molecule has 0 spiro atoms. The minimum atomic E-state index is -0.953. The van der Waals surface area contributed by atoms with Gasteiger partial charge in [-0.2, -0.15) is 5.26 Å². The van der Waals surface area contributed by atoms with Crippen molar-refractivity contribution in [2.24, 2.45) is 0 Å². The summed E-state index contributed by atoms with van der Waals surface area (Å²) < 4.78 is 20.1. The molecule has 0 aliphatic carbocycles. The molecule has 0 saturated carbocycles. The monoisotopic (exact) mass is 569 g/mol. The number of likely N-dealkylation sites (tertiary alicyclic amines) is 1. The van der Waals surface area contributed by atoms with E-state index < -0.39 is 11.7 Å². The van der Waals surface area contributed by atoms with Gasteiger partial charge in [0.15, 0.2) is 5.83 Å². The maximum atomic E-state index is 13.7. The molecule has 2 atom stereocenters. The number of likely N-dealkylation sites (N-methyl/N-ethyl adjacent to an activating group) is 1. The highest BCUT2D eigenvalue weighted by atomic mass is 19.1. The van der Waals surface area contributed by atoms with Crippen LogP contribution in [0.5, 0.6) is 5.88 Å². The number of benzene rings is 1. The van der Waals surface area contributed by atoms with Crippen LogP contribution in [-0.4, -0.2) is 84.1 Å². The molecule has 2 aromatic heterocycles. The fourth-order valence-electron chi connectivity index (χ4n) is 6.66. The van der Waals surface area contributed by atoms with E-state index >= 15 is 0 Å². The van der Waals surface area contributed by atoms with Crippen molar-refractivity contribution in [3.05, 3.63) is 65.9 Å². The fraction of sp³-hybridized carbons (Fsp3) is 0.438. The normalized spacial score (nSPS) is 20.9. The van der Waals surface area contributed by atoms with Gasteiger partial charge in [-0.1, -0.05) is 18.7 Å². The van der Waals surface area contributed by atoms with Crippen LogP contribution < -0.4 is 14.5 Å². The molecule has 0 unspecified atom stereocenters. The van der Waals surface area contributed by atoms with E-state index in [0.29, 0.717) is 50.7 Å². The standard InChI is InChI=1S/C32H36FN7O2/c1-21-18-39(14-15-40(21)32(41)22(2)33)30-26-10-13-38(29-8-4-6-23-17-35-11-9-25(23)29)19-28(26)36-31(27(30)16-34)42-20-24-7-5-12-37(24)3/h4,6,8-9,11,17,21,24H,2,5,7,10,12-15,18-20H2,1,3H3/t21-,24+/m1/s1. The lowest BCUT2D eigenvalue weighted by Gasteiger charge is -2.42. The number of ether oxygens (including phenoxy) is 1. The third kappa shape index (κ3) is 5.13. The molecule has 3 aliphatic heterocycles. The first-order chi connectivity index (χ1) is 20.4. The highest BCUT2D eigenvalue weighted by Crippen LogP contribution is 2.39. The zero-order valence-corrected chi connectivity index (χ0v) is 24.2. The Morgan fingerprint density at radius 1 is 1.21 bits per heavy atom. The quantitative estimate of drug-likeness (QED) is 0.411. The summed E-state index contributed by atoms with van der Waals surface area (Å²) in [7, 11) is 2.10. The summed E-state index contributed by atoms with van der Waals surface area (Å²) in [6.07, 6.45) is 6.57. The summed E-state index contributed by atoms with van der Waals surface area (Å²) in [4.78, 5) is 30.0. The Hall–Kier alpha value is -4.23. The lowest BCUT2D eigenvalue weighted by molar-refractivity contribution is -0.131. The Morgan fingerprint density at radius 2 is 2.07 bits per heavy atom. The highest BCUT2D eigenvalue weighted by Gasteiger charge is 2.35. The van der Waals surface area contributed by atoms with Gasteiger partial charge in [0.2, 0.25) is 5.88 Å². The number of carbonyl (C=O) groups excluding carboxylic acids is 1. The maximum absolute atomic E-state index is 13.7. The molecule has 0 N–H and O–H groups in total. The number of aromatic nitrogens is 2. The van der Waals surface area contributed by atoms with Crippen molar-refractivity contribution in [2.45, 2.75) is 44.8 Å². The van der Waals surface area contributed by atoms with E-state index in [0.717, 1.165) is 59.3 Å². The van der Waals surface area contributed by atoms with Crippen LogP contribution >= 0.6 is 0 Å². The predicted molar refractivity (Wildman–Crippen MR) is 160 cm³/mol. The molecule has 0 radical (unpaired) electrons. The Morgan fingerprint density at radius 3 is 2.81 bits per heavy atom. The molecule has 218 valence electrons. The summed E-state index contributed by atoms with van der Waals surface area (Å²) in [6.45, 7) is 9.21. The van der Waals surface area contributed by atoms with Crippen molar-refractivity contribution in [3.63, 3.8) is 0 Å². The van der Waals surface area contributed by atoms with E-state index in [1.54, 1.807) is 0 Å². The molecule has 3 aromatic rings. The number of rotatable bonds is 6. The van der Waals surface area contributed by atoms with Gasteiger partial charge in [-0.15, -0.1) is 0 Å². The van der Waals surface area contributed by atoms with Crippen molar-refractivity contribution in [1.82, 2.24) is 19.8 Å². The second-order valence-electron chi connectivity index (χ2n) is 11.5. The number of hydrogen-bond donors (Lipinski definition) is 0. The fourth-order valence-corrected chi connectivity index (χ4v) is 6.66. The minimum absolute atomic E-state index is 0.255. The molecule has 1 aromatic carbocycles. The Balaban J connectivity index is 1.37. The number of amides is 1. The second-order valence-corrected chi connectivity index (χ2v) is 11.5. The van der Waals surface area contributed by atoms with Crippen LogP contribution in [0.3, 0.4) is 0 Å². The highest BCUT2D eigenvalue weighted by molar-refractivity contribution is 5.94. The molecule has 0 bridgehead atoms. The Labute approximate surface area is 245 Å². The summed E-state index contributed by atoms with van der Waals surface area (Å²) in [6, 6.07) is 10.7. The van der Waals surface area contributed by atoms with E-state index in [-0.39, 0.29) is 12.1 Å². The topological polar surface area (TPSA) is 88.8 Å². The van der Waals surface area contributed by atoms with Crippen molar-refractivity contribution in [2.75, 3.05) is 56.2 Å². The van der Waals surface area contributed by atoms with Crippen molar-refractivity contribution < 1.29 is 13.9 Å². The molecule has 6 rings (SSSR count). The Bertz CT molecular complexity index is 1570. The van der Waals surface area contributed by atoms with Crippen molar-refractivity contribution in [1.29, 1.82) is 5.26 Å². The first-order valence-corrected chi connectivity index (χ1v) is 14.6. The first-order valence-electron chi connectivity index (χ1n) is 14.6. The van der Waals surface area contributed by atoms with Gasteiger partial charge in [0.1, 0.15) is 18.2 Å². The second kappa shape index (κ2) is 11.6. The number of nitrogens with zero attached hydrogens (tertiary/aromatic N) is 7. The van der Waals surface area contributed by atoms with Crippen LogP contribution in [0, 0.1) is 11.3 Å². The number of anilines is 2. The van der Waals surface area contributed by atoms with Gasteiger partial charge in [-0.25, -0.2) is 9.37 Å². The number of hydrogen-bond acceptors (Lipinski definition) is 8. The average Bonchev–Trinajstić information content (AvgIpc) is 3.42. The molecule has 42 heavy (non-hydrogen) atoms. The van der Waals surface area contributed by atoms with Crippen molar-refractivity contribution in [3.8, 4) is 11.9 Å². The number of halogens is 1. The SMILES string of the molecule is C=C(F)C(=O)N1CCN(c2c(C#N)c(OC[C@@H]3CCCN3C)nc3c2CCN(c2cccc4cnccc24)C3)C[C@H]1C. The minimum Gasteiger partial charge on any atom is -0.475 e. The van der Waals surface area contributed by atoms with E-state index in [4.69, 9.17) is 9.72 Å². The molecular weight excluding hydrogens is 533 g/mol. The molecule has 2 fully saturated rings. The van der Waals surface area contributed by atoms with Crippen LogP contribution in [-0.2, 0) is 17.8 Å². The summed E-state index contributed by atoms with van der Waals surface area (Å²) in [5, 5.41) is 12.7. The summed E-state index contributed by atoms with van der Waals surface area (Å²) in [5.74, 6) is -1.27. The number of carbonyl (C=O) groups is 1. The van der Waals surface area contributed by atoms with Gasteiger partial charge in [0.25, 0.3) is 5.91 Å². The van der Waals surface area contributed by atoms with Crippen LogP contribution in [0.25, 0.3) is 10.8 Å². The van der Waals surface area contributed by atoms with E-state index in [9.17, 15) is 14.4 Å². The van der Waals surface area contributed by atoms with Crippen molar-refractivity contribution >= 4 is 28.1 Å². The molecule has 3 aliphatic rings. The number of nitriles is 1. The Kier molecular flexibility index (Phi) is 7.69. The van der Waals surface area contributed by atoms with E-state index in [1.807, 2.05) is 31.5 Å². The van der Waals surface area contributed by atoms with Crippen LogP contribution in [0.4, 0.5) is 15.8 Å². The third-order valence-electron chi connectivity index (χ3n) is 8.92. The first kappa shape index (κ1) is 27.9. The van der Waals surface area contributed by atoms with Crippen LogP contribution in [0.1, 0.15) is 36.6 Å². The van der Waals surface area contributed by atoms with Gasteiger partial charge < -0.3 is 24.3 Å². The van der Waals surface area contributed by atoms with Crippen LogP contribution in [0.2, 0.25) is 0 Å². The van der Waals surface area contributed by atoms with Gasteiger partial charge in [0, 0.05) is 72.7 Å². The number of pyridine rings is 2. The third-order valence-corrected chi connectivity index (χ3v) is 8.92. The smallest absolute Gasteiger partial charge is 0.282 e. The largest absolute Gasteiger partial charge is 0.475 e. The lowest BCUT2D eigenvalue weighted by atomic mass is 9.96. The van der Waals surface area contributed by atoms with E-state index in [2.05, 4.69) is 51.5 Å². The van der Waals surface area contributed by atoms with Gasteiger partial charge in [0.05, 0.1) is 17.9 Å². The lowest BCUT2D eigenvalue weighted by Crippen LogP contribution is -2.54. The number of piperazine rings is 1. The van der Waals surface area contributed by atoms with Crippen LogP contribution in [0.15, 0.2) is 49.1 Å². The molecule has 1 amide bonds.